The first kappa shape index (κ1) is 27.8. The fourth-order valence-electron chi connectivity index (χ4n) is 2.54. The van der Waals surface area contributed by atoms with Gasteiger partial charge in [-0.1, -0.05) is 43.3 Å². The lowest BCUT2D eigenvalue weighted by Gasteiger charge is -2.14. The van der Waals surface area contributed by atoms with Crippen LogP contribution in [0.3, 0.4) is 0 Å². The number of benzene rings is 2. The maximum absolute atomic E-state index is 6.04. The van der Waals surface area contributed by atoms with Crippen LogP contribution in [0.25, 0.3) is 0 Å². The summed E-state index contributed by atoms with van der Waals surface area (Å²) in [6.45, 7) is 17.5. The minimum Gasteiger partial charge on any atom is -0.490 e. The number of oxime groups is 1. The molecule has 0 spiro atoms. The molecule has 0 aliphatic heterocycles. The topological polar surface area (TPSA) is 49.3 Å². The molecule has 31 heavy (non-hydrogen) atoms. The van der Waals surface area contributed by atoms with Gasteiger partial charge in [-0.15, -0.1) is 13.2 Å². The van der Waals surface area contributed by atoms with Crippen molar-refractivity contribution in [1.29, 1.82) is 0 Å². The van der Waals surface area contributed by atoms with Crippen molar-refractivity contribution in [3.05, 3.63) is 78.4 Å². The average molecular weight is 428 g/mol. The Morgan fingerprint density at radius 2 is 1.45 bits per heavy atom. The molecule has 0 aromatic heterocycles. The lowest BCUT2D eigenvalue weighted by Crippen LogP contribution is -2.01. The van der Waals surface area contributed by atoms with E-state index in [1.165, 1.54) is 7.11 Å². The van der Waals surface area contributed by atoms with Gasteiger partial charge in [-0.3, -0.25) is 0 Å². The third kappa shape index (κ3) is 10.9. The zero-order valence-electron chi connectivity index (χ0n) is 19.8. The first-order valence-electron chi connectivity index (χ1n) is 10.4. The van der Waals surface area contributed by atoms with E-state index in [-0.39, 0.29) is 0 Å². The molecule has 0 saturated carbocycles. The monoisotopic (exact) mass is 427 g/mol. The maximum Gasteiger partial charge on any atom is 0.127 e. The van der Waals surface area contributed by atoms with E-state index in [2.05, 4.69) is 23.2 Å². The Morgan fingerprint density at radius 1 is 0.871 bits per heavy atom. The van der Waals surface area contributed by atoms with Gasteiger partial charge in [0.25, 0.3) is 0 Å². The summed E-state index contributed by atoms with van der Waals surface area (Å²) in [7, 11) is 1.50. The Balaban J connectivity index is 0.00000212. The molecule has 0 radical (unpaired) electrons. The number of hydrogen-bond donors (Lipinski definition) is 0. The van der Waals surface area contributed by atoms with Crippen molar-refractivity contribution in [2.24, 2.45) is 5.16 Å². The molecule has 2 aromatic rings. The minimum atomic E-state index is 0.366. The number of hydrogen-bond acceptors (Lipinski definition) is 5. The molecular weight excluding hydrogens is 390 g/mol. The van der Waals surface area contributed by atoms with Crippen molar-refractivity contribution < 1.29 is 19.0 Å². The van der Waals surface area contributed by atoms with Gasteiger partial charge in [-0.25, -0.2) is 0 Å². The first-order chi connectivity index (χ1) is 15.1. The van der Waals surface area contributed by atoms with Crippen molar-refractivity contribution in [1.82, 2.24) is 0 Å². The third-order valence-corrected chi connectivity index (χ3v) is 3.83. The quantitative estimate of drug-likeness (QED) is 0.241. The largest absolute Gasteiger partial charge is 0.490 e. The van der Waals surface area contributed by atoms with Crippen molar-refractivity contribution in [2.75, 3.05) is 20.3 Å². The molecular formula is C26H37NO4. The van der Waals surface area contributed by atoms with Gasteiger partial charge >= 0.3 is 0 Å². The van der Waals surface area contributed by atoms with Crippen LogP contribution in [0.1, 0.15) is 37.5 Å². The predicted octanol–water partition coefficient (Wildman–Crippen LogP) is 6.68. The van der Waals surface area contributed by atoms with Gasteiger partial charge in [0, 0.05) is 0 Å². The molecule has 2 aromatic carbocycles. The van der Waals surface area contributed by atoms with Crippen molar-refractivity contribution in [2.45, 2.75) is 41.2 Å². The first-order valence-corrected chi connectivity index (χ1v) is 10.4. The highest BCUT2D eigenvalue weighted by Gasteiger charge is 2.08. The molecule has 2 rings (SSSR count). The van der Waals surface area contributed by atoms with Crippen LogP contribution in [0.2, 0.25) is 0 Å². The van der Waals surface area contributed by atoms with Crippen molar-refractivity contribution in [3.8, 4) is 17.2 Å². The second kappa shape index (κ2) is 17.6. The summed E-state index contributed by atoms with van der Waals surface area (Å²) in [6.07, 6.45) is 5.52. The zero-order valence-corrected chi connectivity index (χ0v) is 19.8. The Kier molecular flexibility index (Phi) is 15.8. The Hall–Kier alpha value is -3.21. The molecule has 0 atom stereocenters. The van der Waals surface area contributed by atoms with Crippen molar-refractivity contribution in [3.63, 3.8) is 0 Å². The summed E-state index contributed by atoms with van der Waals surface area (Å²) in [4.78, 5) is 4.59. The third-order valence-electron chi connectivity index (χ3n) is 3.83. The summed E-state index contributed by atoms with van der Waals surface area (Å²) < 4.78 is 17.3. The van der Waals surface area contributed by atoms with Gasteiger partial charge in [0.15, 0.2) is 0 Å². The summed E-state index contributed by atoms with van der Waals surface area (Å²) in [5.41, 5.74) is 3.19. The molecule has 0 bridgehead atoms. The van der Waals surface area contributed by atoms with E-state index in [1.54, 1.807) is 6.21 Å². The van der Waals surface area contributed by atoms with E-state index in [0.717, 1.165) is 33.9 Å². The summed E-state index contributed by atoms with van der Waals surface area (Å²) in [5.74, 6) is 2.52. The summed E-state index contributed by atoms with van der Waals surface area (Å²) in [6, 6.07) is 11.8. The smallest absolute Gasteiger partial charge is 0.127 e. The number of ether oxygens (including phenoxy) is 3. The van der Waals surface area contributed by atoms with Gasteiger partial charge in [0.05, 0.1) is 6.21 Å². The summed E-state index contributed by atoms with van der Waals surface area (Å²) in [5, 5.41) is 3.63. The van der Waals surface area contributed by atoms with Crippen LogP contribution in [0, 0.1) is 13.8 Å². The van der Waals surface area contributed by atoms with Crippen LogP contribution in [0.4, 0.5) is 0 Å². The van der Waals surface area contributed by atoms with Gasteiger partial charge < -0.3 is 19.0 Å². The molecule has 0 unspecified atom stereocenters. The summed E-state index contributed by atoms with van der Waals surface area (Å²) >= 11 is 0. The van der Waals surface area contributed by atoms with Crippen LogP contribution < -0.4 is 14.2 Å². The molecule has 0 amide bonds. The maximum atomic E-state index is 6.04. The van der Waals surface area contributed by atoms with E-state index >= 15 is 0 Å². The Morgan fingerprint density at radius 3 is 2.00 bits per heavy atom. The molecule has 0 heterocycles. The van der Waals surface area contributed by atoms with Crippen molar-refractivity contribution >= 4 is 6.21 Å². The number of allylic oxidation sites excluding steroid dienone is 1. The second-order valence-corrected chi connectivity index (χ2v) is 5.98. The van der Waals surface area contributed by atoms with E-state index in [4.69, 9.17) is 14.2 Å². The molecule has 5 nitrogen and oxygen atoms in total. The van der Waals surface area contributed by atoms with Crippen LogP contribution in [-0.4, -0.2) is 26.5 Å². The van der Waals surface area contributed by atoms with Gasteiger partial charge in [-0.05, 0) is 61.7 Å². The van der Waals surface area contributed by atoms with Crippen LogP contribution in [-0.2, 0) is 11.4 Å². The van der Waals surface area contributed by atoms with Gasteiger partial charge in [0.1, 0.15) is 44.2 Å². The normalized spacial score (nSPS) is 10.0. The highest BCUT2D eigenvalue weighted by Crippen LogP contribution is 2.29. The van der Waals surface area contributed by atoms with E-state index < -0.39 is 0 Å². The average Bonchev–Trinajstić information content (AvgIpc) is 2.80. The molecule has 0 saturated heterocycles. The molecule has 5 heteroatoms. The molecule has 0 N–H and O–H groups in total. The number of rotatable bonds is 10. The zero-order chi connectivity index (χ0) is 23.5. The van der Waals surface area contributed by atoms with E-state index in [9.17, 15) is 0 Å². The lowest BCUT2D eigenvalue weighted by atomic mass is 10.1. The number of nitrogens with zero attached hydrogens (tertiary/aromatic N) is 1. The second-order valence-electron chi connectivity index (χ2n) is 5.98. The lowest BCUT2D eigenvalue weighted by molar-refractivity contribution is 0.212. The fourth-order valence-corrected chi connectivity index (χ4v) is 2.54. The van der Waals surface area contributed by atoms with E-state index in [0.29, 0.717) is 19.8 Å². The van der Waals surface area contributed by atoms with Gasteiger partial charge in [0.2, 0.25) is 0 Å². The Bertz CT molecular complexity index is 759. The molecule has 0 aliphatic rings. The molecule has 170 valence electrons. The minimum absolute atomic E-state index is 0.366. The highest BCUT2D eigenvalue weighted by atomic mass is 16.6. The predicted molar refractivity (Wildman–Crippen MR) is 131 cm³/mol. The van der Waals surface area contributed by atoms with Gasteiger partial charge in [-0.2, -0.15) is 0 Å². The molecule has 0 aliphatic carbocycles. The standard InChI is InChI=1S/C22H27NO4.C2H6.C2H4/c1-5-6-12-25-21-14-17(2)22(18(3)15-21)27-16-19-7-9-20(10-8-19)26-13-11-23-24-4;2*1-2/h5-11,14-15H,12-13,16H2,1-4H3;1-2H3;1-2H2/b6-5+,23-11-;;. The number of aryl methyl sites for hydroxylation is 2. The van der Waals surface area contributed by atoms with Crippen LogP contribution in [0.5, 0.6) is 17.2 Å². The molecule has 0 fully saturated rings. The SMILES string of the molecule is C/C=C/COc1cc(C)c(OCc2ccc(OC/C=N\OC)cc2)c(C)c1.C=C.CC. The highest BCUT2D eigenvalue weighted by molar-refractivity contribution is 5.58. The van der Waals surface area contributed by atoms with E-state index in [1.807, 2.05) is 83.2 Å². The van der Waals surface area contributed by atoms with Crippen LogP contribution >= 0.6 is 0 Å². The fraction of sp³-hybridized carbons (Fsp3) is 0.346. The Labute approximate surface area is 188 Å². The van der Waals surface area contributed by atoms with Crippen LogP contribution in [0.15, 0.2) is 66.9 Å².